The zero-order chi connectivity index (χ0) is 24.8. The molecular weight excluding hydrogens is 525 g/mol. The molecule has 4 heteroatoms. The molecule has 2 radical (unpaired) electrons. The standard InChI is InChI=1S/C31H33ClGeNP/c1-23(2)28-19-13-20-29(24(3)4)31(28)34(33-32)22-25-14-11-12-21-30(25)35(26-15-7-5-8-16-26)27-17-9-6-10-18-27/h5-21,23-24H,22H2,1-4H3. The van der Waals surface area contributed by atoms with Crippen molar-refractivity contribution in [2.24, 2.45) is 0 Å². The molecule has 178 valence electrons. The minimum atomic E-state index is -0.832. The molecule has 0 saturated heterocycles. The van der Waals surface area contributed by atoms with Crippen molar-refractivity contribution in [1.29, 1.82) is 0 Å². The van der Waals surface area contributed by atoms with E-state index >= 15 is 0 Å². The van der Waals surface area contributed by atoms with E-state index in [-0.39, 0.29) is 0 Å². The van der Waals surface area contributed by atoms with E-state index in [4.69, 9.17) is 10.0 Å². The molecule has 1 nitrogen and oxygen atoms in total. The molecule has 4 aromatic rings. The van der Waals surface area contributed by atoms with E-state index in [1.807, 2.05) is 0 Å². The van der Waals surface area contributed by atoms with E-state index in [0.717, 1.165) is 6.54 Å². The van der Waals surface area contributed by atoms with Crippen LogP contribution in [-0.2, 0) is 6.54 Å². The van der Waals surface area contributed by atoms with Crippen molar-refractivity contribution in [1.82, 2.24) is 0 Å². The van der Waals surface area contributed by atoms with Crippen LogP contribution in [0.3, 0.4) is 0 Å². The molecule has 0 fully saturated rings. The first-order chi connectivity index (χ1) is 17.0. The second kappa shape index (κ2) is 12.3. The summed E-state index contributed by atoms with van der Waals surface area (Å²) in [6.45, 7) is 9.98. The van der Waals surface area contributed by atoms with Crippen LogP contribution in [0.15, 0.2) is 103 Å². The fourth-order valence-electron chi connectivity index (χ4n) is 4.59. The van der Waals surface area contributed by atoms with E-state index in [2.05, 4.69) is 135 Å². The van der Waals surface area contributed by atoms with Crippen LogP contribution < -0.4 is 19.8 Å². The molecule has 0 aliphatic carbocycles. The number of benzene rings is 4. The van der Waals surface area contributed by atoms with Crippen LogP contribution in [0.4, 0.5) is 5.69 Å². The van der Waals surface area contributed by atoms with Crippen LogP contribution in [0.2, 0.25) is 0 Å². The second-order valence-corrected chi connectivity index (χ2v) is 14.0. The van der Waals surface area contributed by atoms with Gasteiger partial charge in [0.2, 0.25) is 0 Å². The SMILES string of the molecule is CC(C)c1cccc(C(C)C)c1[N](Cc1ccccc1P(c1ccccc1)c1ccccc1)[Ge][Cl]. The normalized spacial score (nSPS) is 11.4. The van der Waals surface area contributed by atoms with Gasteiger partial charge in [0.05, 0.1) is 0 Å². The molecule has 0 aliphatic rings. The third kappa shape index (κ3) is 6.03. The van der Waals surface area contributed by atoms with Gasteiger partial charge in [-0.25, -0.2) is 0 Å². The summed E-state index contributed by atoms with van der Waals surface area (Å²) in [7, 11) is 6.16. The molecule has 0 unspecified atom stereocenters. The number of nitrogens with zero attached hydrogens (tertiary/aromatic N) is 1. The summed E-state index contributed by atoms with van der Waals surface area (Å²) in [6, 6.07) is 37.7. The van der Waals surface area contributed by atoms with E-state index in [1.165, 1.54) is 38.3 Å². The van der Waals surface area contributed by atoms with Gasteiger partial charge in [0.15, 0.2) is 0 Å². The predicted octanol–water partition coefficient (Wildman–Crippen LogP) is 7.47. The van der Waals surface area contributed by atoms with Crippen molar-refractivity contribution in [2.75, 3.05) is 3.86 Å². The Morgan fingerprint density at radius 3 is 1.63 bits per heavy atom. The number of halogens is 1. The summed E-state index contributed by atoms with van der Waals surface area (Å²) < 4.78 is 2.49. The quantitative estimate of drug-likeness (QED) is 0.152. The van der Waals surface area contributed by atoms with Crippen LogP contribution in [0.5, 0.6) is 0 Å². The molecule has 0 saturated carbocycles. The Hall–Kier alpha value is -2.06. The molecule has 35 heavy (non-hydrogen) atoms. The fourth-order valence-corrected chi connectivity index (χ4v) is 9.00. The molecule has 0 spiro atoms. The average molecular weight is 559 g/mol. The Balaban J connectivity index is 1.83. The minimum absolute atomic E-state index is 0.446. The van der Waals surface area contributed by atoms with Gasteiger partial charge in [-0.05, 0) is 0 Å². The predicted molar refractivity (Wildman–Crippen MR) is 158 cm³/mol. The molecule has 4 rings (SSSR count). The first kappa shape index (κ1) is 26.0. The van der Waals surface area contributed by atoms with Gasteiger partial charge in [-0.3, -0.25) is 0 Å². The molecule has 4 aromatic carbocycles. The Morgan fingerprint density at radius 1 is 0.657 bits per heavy atom. The van der Waals surface area contributed by atoms with Crippen LogP contribution in [-0.4, -0.2) is 14.7 Å². The first-order valence-corrected chi connectivity index (χ1v) is 17.3. The molecule has 0 atom stereocenters. The average Bonchev–Trinajstić information content (AvgIpc) is 2.89. The molecule has 0 aromatic heterocycles. The molecule has 0 bridgehead atoms. The number of anilines is 1. The summed E-state index contributed by atoms with van der Waals surface area (Å²) in [5.41, 5.74) is 5.51. The number of para-hydroxylation sites is 1. The van der Waals surface area contributed by atoms with Gasteiger partial charge in [-0.2, -0.15) is 0 Å². The van der Waals surface area contributed by atoms with Crippen LogP contribution >= 0.6 is 17.9 Å². The van der Waals surface area contributed by atoms with Gasteiger partial charge >= 0.3 is 224 Å². The maximum absolute atomic E-state index is 6.83. The zero-order valence-corrected chi connectivity index (χ0v) is 24.7. The van der Waals surface area contributed by atoms with E-state index < -0.39 is 22.6 Å². The molecule has 0 heterocycles. The van der Waals surface area contributed by atoms with Gasteiger partial charge in [0.25, 0.3) is 0 Å². The van der Waals surface area contributed by atoms with Gasteiger partial charge in [-0.15, -0.1) is 0 Å². The van der Waals surface area contributed by atoms with Gasteiger partial charge in [0.1, 0.15) is 0 Å². The summed E-state index contributed by atoms with van der Waals surface area (Å²) in [5.74, 6) is 0.893. The maximum atomic E-state index is 6.83. The van der Waals surface area contributed by atoms with E-state index in [9.17, 15) is 0 Å². The van der Waals surface area contributed by atoms with Gasteiger partial charge in [-0.1, -0.05) is 0 Å². The fraction of sp³-hybridized carbons (Fsp3) is 0.226. The van der Waals surface area contributed by atoms with Crippen molar-refractivity contribution < 1.29 is 0 Å². The zero-order valence-electron chi connectivity index (χ0n) is 20.9. The molecule has 0 aliphatic heterocycles. The Labute approximate surface area is 223 Å². The Kier molecular flexibility index (Phi) is 9.12. The van der Waals surface area contributed by atoms with E-state index in [0.29, 0.717) is 11.8 Å². The number of rotatable bonds is 9. The van der Waals surface area contributed by atoms with Crippen molar-refractivity contribution in [2.45, 2.75) is 46.1 Å². The number of hydrogen-bond acceptors (Lipinski definition) is 1. The first-order valence-electron chi connectivity index (χ1n) is 12.3. The second-order valence-electron chi connectivity index (χ2n) is 9.40. The number of hydrogen-bond donors (Lipinski definition) is 0. The van der Waals surface area contributed by atoms with Gasteiger partial charge < -0.3 is 0 Å². The third-order valence-electron chi connectivity index (χ3n) is 6.30. The van der Waals surface area contributed by atoms with E-state index in [1.54, 1.807) is 0 Å². The van der Waals surface area contributed by atoms with Crippen molar-refractivity contribution in [3.63, 3.8) is 0 Å². The van der Waals surface area contributed by atoms with Crippen LogP contribution in [0, 0.1) is 0 Å². The van der Waals surface area contributed by atoms with Gasteiger partial charge in [0, 0.05) is 0 Å². The van der Waals surface area contributed by atoms with Crippen LogP contribution in [0.1, 0.15) is 56.2 Å². The molecule has 0 amide bonds. The Morgan fingerprint density at radius 2 is 1.14 bits per heavy atom. The molecule has 0 N–H and O–H groups in total. The van der Waals surface area contributed by atoms with Crippen LogP contribution in [0.25, 0.3) is 0 Å². The topological polar surface area (TPSA) is 3.24 Å². The van der Waals surface area contributed by atoms with Crippen molar-refractivity contribution >= 4 is 54.3 Å². The summed E-state index contributed by atoms with van der Waals surface area (Å²) in [5, 5.41) is 4.16. The summed E-state index contributed by atoms with van der Waals surface area (Å²) >= 11 is -0.832. The Bertz CT molecular complexity index is 1160. The monoisotopic (exact) mass is 559 g/mol. The summed E-state index contributed by atoms with van der Waals surface area (Å²) in [6.07, 6.45) is 0. The summed E-state index contributed by atoms with van der Waals surface area (Å²) in [4.78, 5) is 0. The molecular formula is C31H33ClGeNP. The van der Waals surface area contributed by atoms with Crippen molar-refractivity contribution in [3.05, 3.63) is 120 Å². The third-order valence-corrected chi connectivity index (χ3v) is 11.1. The van der Waals surface area contributed by atoms with Crippen molar-refractivity contribution in [3.8, 4) is 0 Å².